The molecule has 0 radical (unpaired) electrons. The molecule has 0 saturated carbocycles. The van der Waals surface area contributed by atoms with Gasteiger partial charge >= 0.3 is 79.3 Å². The van der Waals surface area contributed by atoms with E-state index in [0.717, 1.165) is 11.4 Å². The molecule has 1 fully saturated rings. The van der Waals surface area contributed by atoms with E-state index >= 15 is 0 Å². The van der Waals surface area contributed by atoms with Crippen molar-refractivity contribution in [1.82, 2.24) is 0 Å². The van der Waals surface area contributed by atoms with Gasteiger partial charge < -0.3 is 0 Å². The van der Waals surface area contributed by atoms with Crippen LogP contribution in [0.15, 0.2) is 30.3 Å². The molecule has 1 heterocycles. The molecule has 2 rings (SSSR count). The van der Waals surface area contributed by atoms with E-state index in [1.54, 1.807) is 0 Å². The van der Waals surface area contributed by atoms with E-state index in [2.05, 4.69) is 30.3 Å². The predicted molar refractivity (Wildman–Crippen MR) is 50.2 cm³/mol. The third-order valence-electron chi connectivity index (χ3n) is 2.03. The molecule has 1 unspecified atom stereocenters. The third kappa shape index (κ3) is 2.10. The molecule has 1 aliphatic heterocycles. The van der Waals surface area contributed by atoms with E-state index in [-0.39, 0.29) is 0 Å². The predicted octanol–water partition coefficient (Wildman–Crippen LogP) is 2.06. The Hall–Kier alpha value is -0.301. The fourth-order valence-electron chi connectivity index (χ4n) is 1.39. The summed E-state index contributed by atoms with van der Waals surface area (Å²) < 4.78 is 5.39. The van der Waals surface area contributed by atoms with E-state index in [9.17, 15) is 0 Å². The molecule has 0 bridgehead atoms. The molecule has 0 aromatic heterocycles. The van der Waals surface area contributed by atoms with E-state index in [4.69, 9.17) is 3.82 Å². The second-order valence-corrected chi connectivity index (χ2v) is 5.32. The Bertz CT molecular complexity index is 229. The summed E-state index contributed by atoms with van der Waals surface area (Å²) in [6.45, 7) is 0.984. The van der Waals surface area contributed by atoms with Gasteiger partial charge in [0.15, 0.2) is 0 Å². The summed E-state index contributed by atoms with van der Waals surface area (Å²) in [4.78, 5) is 0.819. The van der Waals surface area contributed by atoms with Gasteiger partial charge in [-0.25, -0.2) is 0 Å². The summed E-state index contributed by atoms with van der Waals surface area (Å²) in [6.07, 6.45) is 2.47. The second-order valence-electron chi connectivity index (χ2n) is 3.02. The van der Waals surface area contributed by atoms with E-state index in [0.29, 0.717) is 15.3 Å². The van der Waals surface area contributed by atoms with Crippen LogP contribution in [0.3, 0.4) is 0 Å². The summed E-state index contributed by atoms with van der Waals surface area (Å²) >= 11 is 0.440. The van der Waals surface area contributed by atoms with Gasteiger partial charge in [0.05, 0.1) is 0 Å². The van der Waals surface area contributed by atoms with Crippen molar-refractivity contribution in [3.05, 3.63) is 35.9 Å². The Labute approximate surface area is 79.6 Å². The van der Waals surface area contributed by atoms with Gasteiger partial charge in [-0.3, -0.25) is 0 Å². The number of hydrogen-bond donors (Lipinski definition) is 0. The van der Waals surface area contributed by atoms with Crippen molar-refractivity contribution >= 4 is 15.3 Å². The second kappa shape index (κ2) is 4.08. The average molecular weight is 227 g/mol. The van der Waals surface area contributed by atoms with Gasteiger partial charge in [-0.1, -0.05) is 0 Å². The minimum atomic E-state index is 0.440. The van der Waals surface area contributed by atoms with Crippen molar-refractivity contribution in [3.63, 3.8) is 0 Å². The van der Waals surface area contributed by atoms with Gasteiger partial charge in [-0.05, 0) is 0 Å². The number of rotatable bonds is 2. The first-order chi connectivity index (χ1) is 5.95. The van der Waals surface area contributed by atoms with E-state index < -0.39 is 0 Å². The minimum absolute atomic E-state index is 0.440. The monoisotopic (exact) mass is 228 g/mol. The molecule has 64 valence electrons. The van der Waals surface area contributed by atoms with Crippen molar-refractivity contribution in [3.8, 4) is 0 Å². The van der Waals surface area contributed by atoms with Crippen LogP contribution in [0.2, 0.25) is 4.82 Å². The number of benzene rings is 1. The summed E-state index contributed by atoms with van der Waals surface area (Å²) in [5.41, 5.74) is 1.45. The molecule has 2 heteroatoms. The Morgan fingerprint density at radius 3 is 2.83 bits per heavy atom. The van der Waals surface area contributed by atoms with Gasteiger partial charge in [0.1, 0.15) is 0 Å². The first-order valence-corrected chi connectivity index (χ1v) is 5.96. The molecular weight excluding hydrogens is 215 g/mol. The van der Waals surface area contributed by atoms with Crippen molar-refractivity contribution in [2.24, 2.45) is 0 Å². The number of hydrogen-bond acceptors (Lipinski definition) is 1. The molecule has 0 N–H and O–H groups in total. The molecule has 1 aromatic carbocycles. The maximum atomic E-state index is 5.39. The molecule has 0 aliphatic carbocycles. The molecule has 12 heavy (non-hydrogen) atoms. The summed E-state index contributed by atoms with van der Waals surface area (Å²) in [5.74, 6) is 0. The maximum absolute atomic E-state index is 5.39. The van der Waals surface area contributed by atoms with Gasteiger partial charge in [0, 0.05) is 0 Å². The van der Waals surface area contributed by atoms with Crippen LogP contribution in [0, 0.1) is 0 Å². The van der Waals surface area contributed by atoms with Crippen LogP contribution in [0.1, 0.15) is 12.0 Å². The van der Waals surface area contributed by atoms with Crippen molar-refractivity contribution in [1.29, 1.82) is 0 Å². The van der Waals surface area contributed by atoms with Crippen molar-refractivity contribution < 1.29 is 3.82 Å². The average Bonchev–Trinajstić information content (AvgIpc) is 2.59. The van der Waals surface area contributed by atoms with Gasteiger partial charge in [0.2, 0.25) is 0 Å². The molecule has 0 amide bonds. The van der Waals surface area contributed by atoms with Crippen LogP contribution in [0.4, 0.5) is 0 Å². The Balaban J connectivity index is 1.94. The molecule has 1 aromatic rings. The van der Waals surface area contributed by atoms with E-state index in [1.807, 2.05) is 0 Å². The summed E-state index contributed by atoms with van der Waals surface area (Å²) in [6, 6.07) is 10.7. The van der Waals surface area contributed by atoms with Gasteiger partial charge in [0.25, 0.3) is 0 Å². The Morgan fingerprint density at radius 1 is 1.33 bits per heavy atom. The zero-order valence-electron chi connectivity index (χ0n) is 6.90. The molecule has 1 aliphatic rings. The first-order valence-electron chi connectivity index (χ1n) is 4.27. The van der Waals surface area contributed by atoms with Crippen LogP contribution < -0.4 is 0 Å². The van der Waals surface area contributed by atoms with Gasteiger partial charge in [-0.2, -0.15) is 0 Å². The SMILES string of the molecule is c1ccc(CC2CCO[Se]2)cc1. The molecular formula is C10H12OSe. The zero-order chi connectivity index (χ0) is 8.23. The first kappa shape index (κ1) is 8.30. The van der Waals surface area contributed by atoms with E-state index in [1.165, 1.54) is 18.4 Å². The van der Waals surface area contributed by atoms with Crippen LogP contribution in [0.5, 0.6) is 0 Å². The topological polar surface area (TPSA) is 9.23 Å². The Morgan fingerprint density at radius 2 is 2.17 bits per heavy atom. The molecule has 1 saturated heterocycles. The van der Waals surface area contributed by atoms with Crippen LogP contribution in [-0.4, -0.2) is 21.9 Å². The fraction of sp³-hybridized carbons (Fsp3) is 0.400. The fourth-order valence-corrected chi connectivity index (χ4v) is 3.14. The molecule has 1 atom stereocenters. The zero-order valence-corrected chi connectivity index (χ0v) is 8.61. The summed E-state index contributed by atoms with van der Waals surface area (Å²) in [7, 11) is 0. The summed E-state index contributed by atoms with van der Waals surface area (Å²) in [5, 5.41) is 0. The normalized spacial score (nSPS) is 22.8. The third-order valence-corrected chi connectivity index (χ3v) is 4.08. The molecule has 1 nitrogen and oxygen atoms in total. The Kier molecular flexibility index (Phi) is 2.83. The quantitative estimate of drug-likeness (QED) is 0.703. The van der Waals surface area contributed by atoms with Crippen LogP contribution >= 0.6 is 0 Å². The van der Waals surface area contributed by atoms with Crippen molar-refractivity contribution in [2.45, 2.75) is 17.7 Å². The molecule has 0 spiro atoms. The van der Waals surface area contributed by atoms with Crippen molar-refractivity contribution in [2.75, 3.05) is 6.61 Å². The van der Waals surface area contributed by atoms with Gasteiger partial charge in [-0.15, -0.1) is 0 Å². The van der Waals surface area contributed by atoms with Crippen LogP contribution in [0.25, 0.3) is 0 Å². The van der Waals surface area contributed by atoms with Crippen LogP contribution in [-0.2, 0) is 10.2 Å². The standard InChI is InChI=1S/C10H12OSe/c1-2-4-9(5-3-1)8-10-6-7-11-12-10/h1-5,10H,6-8H2.